The van der Waals surface area contributed by atoms with Crippen LogP contribution in [-0.4, -0.2) is 21.7 Å². The summed E-state index contributed by atoms with van der Waals surface area (Å²) in [5, 5.41) is 4.07. The Bertz CT molecular complexity index is 915. The maximum Gasteiger partial charge on any atom is 0.272 e. The Morgan fingerprint density at radius 3 is 2.68 bits per heavy atom. The molecule has 25 heavy (non-hydrogen) atoms. The van der Waals surface area contributed by atoms with Crippen LogP contribution in [-0.2, 0) is 0 Å². The van der Waals surface area contributed by atoms with Crippen molar-refractivity contribution in [2.24, 2.45) is 5.10 Å². The smallest absolute Gasteiger partial charge is 0.272 e. The molecule has 5 nitrogen and oxygen atoms in total. The van der Waals surface area contributed by atoms with Crippen molar-refractivity contribution in [3.63, 3.8) is 0 Å². The number of aryl methyl sites for hydroxylation is 1. The number of halogens is 1. The van der Waals surface area contributed by atoms with Crippen molar-refractivity contribution in [2.75, 3.05) is 0 Å². The molecule has 2 heterocycles. The van der Waals surface area contributed by atoms with E-state index in [1.165, 1.54) is 6.20 Å². The third-order valence-electron chi connectivity index (χ3n) is 3.85. The fourth-order valence-corrected chi connectivity index (χ4v) is 2.89. The molecule has 0 fully saturated rings. The van der Waals surface area contributed by atoms with Gasteiger partial charge in [0.1, 0.15) is 0 Å². The van der Waals surface area contributed by atoms with Crippen LogP contribution in [0.15, 0.2) is 64.4 Å². The molecule has 0 aliphatic carbocycles. The van der Waals surface area contributed by atoms with Crippen molar-refractivity contribution in [1.29, 1.82) is 0 Å². The first-order valence-electron chi connectivity index (χ1n) is 7.74. The molecule has 0 spiro atoms. The molecule has 6 heteroatoms. The number of nitrogens with one attached hydrogen (secondary N) is 1. The highest BCUT2D eigenvalue weighted by molar-refractivity contribution is 9.10. The molecule has 2 aromatic heterocycles. The molecule has 0 saturated heterocycles. The molecule has 0 unspecified atom stereocenters. The lowest BCUT2D eigenvalue weighted by molar-refractivity contribution is 0.0955. The Morgan fingerprint density at radius 2 is 2.00 bits per heavy atom. The van der Waals surface area contributed by atoms with Crippen LogP contribution in [0.3, 0.4) is 0 Å². The van der Waals surface area contributed by atoms with Crippen LogP contribution in [0.4, 0.5) is 0 Å². The summed E-state index contributed by atoms with van der Waals surface area (Å²) in [5.41, 5.74) is 7.18. The molecule has 0 saturated carbocycles. The number of nitrogens with zero attached hydrogens (tertiary/aromatic N) is 3. The molecule has 0 aliphatic heterocycles. The van der Waals surface area contributed by atoms with E-state index in [1.54, 1.807) is 24.5 Å². The lowest BCUT2D eigenvalue weighted by atomic mass is 10.2. The minimum atomic E-state index is -0.286. The normalized spacial score (nSPS) is 11.0. The molecule has 0 bridgehead atoms. The third-order valence-corrected chi connectivity index (χ3v) is 4.38. The molecule has 1 N–H and O–H groups in total. The molecule has 0 radical (unpaired) electrons. The van der Waals surface area contributed by atoms with Crippen molar-refractivity contribution in [1.82, 2.24) is 15.0 Å². The molecule has 0 aliphatic rings. The second-order valence-corrected chi connectivity index (χ2v) is 6.49. The van der Waals surface area contributed by atoms with Gasteiger partial charge in [-0.1, -0.05) is 15.9 Å². The maximum absolute atomic E-state index is 12.0. The predicted octanol–water partition coefficient (Wildman–Crippen LogP) is 4.02. The Kier molecular flexibility index (Phi) is 5.09. The van der Waals surface area contributed by atoms with E-state index in [1.807, 2.05) is 32.0 Å². The summed E-state index contributed by atoms with van der Waals surface area (Å²) >= 11 is 3.45. The number of benzene rings is 1. The van der Waals surface area contributed by atoms with Gasteiger partial charge in [0, 0.05) is 39.5 Å². The standard InChI is InChI=1S/C19H17BrN4O/c1-13-10-16(12-22-23-19(25)15-4-3-9-21-11-15)14(2)24(13)18-7-5-17(20)6-8-18/h3-12H,1-2H3,(H,23,25). The van der Waals surface area contributed by atoms with Crippen molar-refractivity contribution in [2.45, 2.75) is 13.8 Å². The number of pyridine rings is 1. The Hall–Kier alpha value is -2.73. The minimum absolute atomic E-state index is 0.286. The number of hydrogen-bond donors (Lipinski definition) is 1. The molecular formula is C19H17BrN4O. The fourth-order valence-electron chi connectivity index (χ4n) is 2.63. The van der Waals surface area contributed by atoms with E-state index in [9.17, 15) is 4.79 Å². The lowest BCUT2D eigenvalue weighted by Gasteiger charge is -2.09. The van der Waals surface area contributed by atoms with Gasteiger partial charge < -0.3 is 4.57 Å². The highest BCUT2D eigenvalue weighted by atomic mass is 79.9. The monoisotopic (exact) mass is 396 g/mol. The highest BCUT2D eigenvalue weighted by Crippen LogP contribution is 2.21. The van der Waals surface area contributed by atoms with E-state index in [0.29, 0.717) is 5.56 Å². The first-order valence-corrected chi connectivity index (χ1v) is 8.54. The summed E-state index contributed by atoms with van der Waals surface area (Å²) in [7, 11) is 0. The van der Waals surface area contributed by atoms with E-state index in [-0.39, 0.29) is 5.91 Å². The predicted molar refractivity (Wildman–Crippen MR) is 102 cm³/mol. The zero-order valence-corrected chi connectivity index (χ0v) is 15.5. The van der Waals surface area contributed by atoms with Gasteiger partial charge in [-0.2, -0.15) is 5.10 Å². The Morgan fingerprint density at radius 1 is 1.24 bits per heavy atom. The van der Waals surface area contributed by atoms with Gasteiger partial charge in [0.2, 0.25) is 0 Å². The molecule has 126 valence electrons. The maximum atomic E-state index is 12.0. The fraction of sp³-hybridized carbons (Fsp3) is 0.105. The van der Waals surface area contributed by atoms with Crippen LogP contribution in [0.25, 0.3) is 5.69 Å². The van der Waals surface area contributed by atoms with Crippen LogP contribution in [0.2, 0.25) is 0 Å². The quantitative estimate of drug-likeness (QED) is 0.534. The lowest BCUT2D eigenvalue weighted by Crippen LogP contribution is -2.17. The van der Waals surface area contributed by atoms with Crippen molar-refractivity contribution >= 4 is 28.1 Å². The van der Waals surface area contributed by atoms with Crippen LogP contribution in [0, 0.1) is 13.8 Å². The van der Waals surface area contributed by atoms with E-state index in [4.69, 9.17) is 0 Å². The number of hydrazone groups is 1. The summed E-state index contributed by atoms with van der Waals surface area (Å²) in [4.78, 5) is 15.9. The summed E-state index contributed by atoms with van der Waals surface area (Å²) in [6, 6.07) is 13.6. The highest BCUT2D eigenvalue weighted by Gasteiger charge is 2.09. The van der Waals surface area contributed by atoms with Gasteiger partial charge in [-0.15, -0.1) is 0 Å². The molecule has 1 amide bonds. The number of rotatable bonds is 4. The van der Waals surface area contributed by atoms with Crippen LogP contribution < -0.4 is 5.43 Å². The number of carbonyl (C=O) groups is 1. The van der Waals surface area contributed by atoms with Gasteiger partial charge >= 0.3 is 0 Å². The summed E-state index contributed by atoms with van der Waals surface area (Å²) < 4.78 is 3.19. The largest absolute Gasteiger partial charge is 0.318 e. The van der Waals surface area contributed by atoms with Crippen molar-refractivity contribution < 1.29 is 4.79 Å². The van der Waals surface area contributed by atoms with Gasteiger partial charge in [-0.05, 0) is 56.3 Å². The van der Waals surface area contributed by atoms with Crippen LogP contribution in [0.1, 0.15) is 27.3 Å². The molecule has 3 rings (SSSR count). The molecule has 3 aromatic rings. The van der Waals surface area contributed by atoms with Crippen LogP contribution in [0.5, 0.6) is 0 Å². The summed E-state index contributed by atoms with van der Waals surface area (Å²) in [6.07, 6.45) is 4.78. The van der Waals surface area contributed by atoms with Crippen molar-refractivity contribution in [3.8, 4) is 5.69 Å². The average molecular weight is 397 g/mol. The first kappa shape index (κ1) is 17.1. The van der Waals surface area contributed by atoms with Crippen LogP contribution >= 0.6 is 15.9 Å². The van der Waals surface area contributed by atoms with Gasteiger partial charge in [-0.25, -0.2) is 5.43 Å². The Labute approximate surface area is 154 Å². The van der Waals surface area contributed by atoms with E-state index >= 15 is 0 Å². The van der Waals surface area contributed by atoms with E-state index < -0.39 is 0 Å². The van der Waals surface area contributed by atoms with Gasteiger partial charge in [0.25, 0.3) is 5.91 Å². The van der Waals surface area contributed by atoms with E-state index in [0.717, 1.165) is 27.1 Å². The second-order valence-electron chi connectivity index (χ2n) is 5.58. The molecule has 1 aromatic carbocycles. The zero-order valence-electron chi connectivity index (χ0n) is 13.9. The first-order chi connectivity index (χ1) is 12.1. The number of hydrogen-bond acceptors (Lipinski definition) is 3. The van der Waals surface area contributed by atoms with Gasteiger partial charge in [0.05, 0.1) is 11.8 Å². The van der Waals surface area contributed by atoms with E-state index in [2.05, 4.69) is 48.1 Å². The average Bonchev–Trinajstić information content (AvgIpc) is 2.90. The second kappa shape index (κ2) is 7.44. The number of aromatic nitrogens is 2. The van der Waals surface area contributed by atoms with Gasteiger partial charge in [-0.3, -0.25) is 9.78 Å². The minimum Gasteiger partial charge on any atom is -0.318 e. The zero-order chi connectivity index (χ0) is 17.8. The van der Waals surface area contributed by atoms with Crippen molar-refractivity contribution in [3.05, 3.63) is 81.8 Å². The number of amides is 1. The Balaban J connectivity index is 1.79. The number of carbonyl (C=O) groups excluding carboxylic acids is 1. The summed E-state index contributed by atoms with van der Waals surface area (Å²) in [5.74, 6) is -0.286. The summed E-state index contributed by atoms with van der Waals surface area (Å²) in [6.45, 7) is 4.07. The SMILES string of the molecule is Cc1cc(C=NNC(=O)c2cccnc2)c(C)n1-c1ccc(Br)cc1. The van der Waals surface area contributed by atoms with Gasteiger partial charge in [0.15, 0.2) is 0 Å². The molecular weight excluding hydrogens is 380 g/mol. The topological polar surface area (TPSA) is 59.3 Å². The molecule has 0 atom stereocenters. The third kappa shape index (κ3) is 3.85.